The molecule has 1 saturated heterocycles. The standard InChI is InChI=1S/C14H22N4O.ClH/c1-9(15)13-4-2-3-7-18(13)14(19)12-8-11(16-17-12)10-5-6-10;/h8-10,13H,2-7,15H2,1H3,(H,16,17);1H. The topological polar surface area (TPSA) is 75.0 Å². The molecule has 0 radical (unpaired) electrons. The van der Waals surface area contributed by atoms with Crippen LogP contribution >= 0.6 is 12.4 Å². The molecule has 3 rings (SSSR count). The lowest BCUT2D eigenvalue weighted by Gasteiger charge is -2.37. The summed E-state index contributed by atoms with van der Waals surface area (Å²) in [6.07, 6.45) is 5.64. The van der Waals surface area contributed by atoms with Gasteiger partial charge in [-0.15, -0.1) is 12.4 Å². The lowest BCUT2D eigenvalue weighted by atomic mass is 9.96. The monoisotopic (exact) mass is 298 g/mol. The summed E-state index contributed by atoms with van der Waals surface area (Å²) in [5.74, 6) is 0.629. The molecule has 2 fully saturated rings. The first-order valence-corrected chi connectivity index (χ1v) is 7.28. The van der Waals surface area contributed by atoms with E-state index in [-0.39, 0.29) is 30.4 Å². The summed E-state index contributed by atoms with van der Waals surface area (Å²) in [7, 11) is 0. The Bertz CT molecular complexity index is 469. The molecule has 0 spiro atoms. The molecule has 2 atom stereocenters. The molecular formula is C14H23ClN4O. The predicted molar refractivity (Wildman–Crippen MR) is 80.1 cm³/mol. The maximum absolute atomic E-state index is 12.6. The van der Waals surface area contributed by atoms with E-state index in [1.807, 2.05) is 17.9 Å². The van der Waals surface area contributed by atoms with Crippen LogP contribution in [0, 0.1) is 0 Å². The molecule has 112 valence electrons. The maximum Gasteiger partial charge on any atom is 0.274 e. The van der Waals surface area contributed by atoms with Crippen LogP contribution in [0.3, 0.4) is 0 Å². The largest absolute Gasteiger partial charge is 0.333 e. The molecule has 1 aliphatic carbocycles. The van der Waals surface area contributed by atoms with Gasteiger partial charge in [0.25, 0.3) is 5.91 Å². The van der Waals surface area contributed by atoms with E-state index in [4.69, 9.17) is 5.73 Å². The van der Waals surface area contributed by atoms with Gasteiger partial charge in [-0.25, -0.2) is 0 Å². The zero-order valence-corrected chi connectivity index (χ0v) is 12.7. The van der Waals surface area contributed by atoms with E-state index < -0.39 is 0 Å². The first-order chi connectivity index (χ1) is 9.16. The lowest BCUT2D eigenvalue weighted by molar-refractivity contribution is 0.0577. The van der Waals surface area contributed by atoms with Crippen LogP contribution in [0.2, 0.25) is 0 Å². The number of likely N-dealkylation sites (tertiary alicyclic amines) is 1. The van der Waals surface area contributed by atoms with E-state index in [1.165, 1.54) is 12.8 Å². The van der Waals surface area contributed by atoms with Crippen LogP contribution in [-0.2, 0) is 0 Å². The second-order valence-corrected chi connectivity index (χ2v) is 5.90. The highest BCUT2D eigenvalue weighted by Gasteiger charge is 2.32. The van der Waals surface area contributed by atoms with Crippen molar-refractivity contribution in [1.82, 2.24) is 15.1 Å². The molecule has 1 amide bonds. The number of hydrogen-bond acceptors (Lipinski definition) is 3. The second-order valence-electron chi connectivity index (χ2n) is 5.90. The fourth-order valence-electron chi connectivity index (χ4n) is 2.95. The molecule has 5 nitrogen and oxygen atoms in total. The van der Waals surface area contributed by atoms with Crippen LogP contribution in [0.1, 0.15) is 61.1 Å². The van der Waals surface area contributed by atoms with Crippen molar-refractivity contribution in [1.29, 1.82) is 0 Å². The van der Waals surface area contributed by atoms with Crippen molar-refractivity contribution in [2.75, 3.05) is 6.54 Å². The summed E-state index contributed by atoms with van der Waals surface area (Å²) in [5.41, 5.74) is 7.67. The highest BCUT2D eigenvalue weighted by Crippen LogP contribution is 2.39. The Balaban J connectivity index is 0.00000147. The van der Waals surface area contributed by atoms with Gasteiger partial charge in [-0.05, 0) is 45.1 Å². The number of nitrogens with zero attached hydrogens (tertiary/aromatic N) is 2. The highest BCUT2D eigenvalue weighted by molar-refractivity contribution is 5.92. The molecule has 0 bridgehead atoms. The number of halogens is 1. The first kappa shape index (κ1) is 15.3. The number of piperidine rings is 1. The van der Waals surface area contributed by atoms with Crippen LogP contribution in [0.4, 0.5) is 0 Å². The Hall–Kier alpha value is -1.07. The number of aromatic nitrogens is 2. The molecule has 20 heavy (non-hydrogen) atoms. The Kier molecular flexibility index (Phi) is 4.70. The molecule has 6 heteroatoms. The number of carbonyl (C=O) groups excluding carboxylic acids is 1. The van der Waals surface area contributed by atoms with Crippen molar-refractivity contribution in [3.8, 4) is 0 Å². The van der Waals surface area contributed by atoms with Gasteiger partial charge >= 0.3 is 0 Å². The van der Waals surface area contributed by atoms with Crippen molar-refractivity contribution in [3.05, 3.63) is 17.5 Å². The Morgan fingerprint density at radius 3 is 2.85 bits per heavy atom. The summed E-state index contributed by atoms with van der Waals surface area (Å²) < 4.78 is 0. The van der Waals surface area contributed by atoms with Gasteiger partial charge in [0.05, 0.1) is 0 Å². The SMILES string of the molecule is CC(N)C1CCCCN1C(=O)c1cc(C2CC2)[nH]n1.Cl. The van der Waals surface area contributed by atoms with E-state index >= 15 is 0 Å². The summed E-state index contributed by atoms with van der Waals surface area (Å²) in [6, 6.07) is 2.10. The number of aromatic amines is 1. The van der Waals surface area contributed by atoms with Crippen molar-refractivity contribution in [3.63, 3.8) is 0 Å². The molecule has 2 heterocycles. The number of hydrogen-bond donors (Lipinski definition) is 2. The molecule has 1 aromatic heterocycles. The minimum absolute atomic E-state index is 0. The number of amides is 1. The first-order valence-electron chi connectivity index (χ1n) is 7.28. The van der Waals surface area contributed by atoms with E-state index in [2.05, 4.69) is 10.2 Å². The summed E-state index contributed by atoms with van der Waals surface area (Å²) in [6.45, 7) is 2.78. The average molecular weight is 299 g/mol. The summed E-state index contributed by atoms with van der Waals surface area (Å²) >= 11 is 0. The van der Waals surface area contributed by atoms with Crippen LogP contribution in [0.25, 0.3) is 0 Å². The van der Waals surface area contributed by atoms with Gasteiger partial charge in [-0.2, -0.15) is 5.10 Å². The van der Waals surface area contributed by atoms with Gasteiger partial charge in [0, 0.05) is 30.2 Å². The number of nitrogens with one attached hydrogen (secondary N) is 1. The van der Waals surface area contributed by atoms with E-state index in [1.54, 1.807) is 0 Å². The van der Waals surface area contributed by atoms with Crippen LogP contribution in [0.15, 0.2) is 6.07 Å². The zero-order valence-electron chi connectivity index (χ0n) is 11.8. The lowest BCUT2D eigenvalue weighted by Crippen LogP contribution is -2.51. The van der Waals surface area contributed by atoms with Crippen molar-refractivity contribution >= 4 is 18.3 Å². The molecule has 3 N–H and O–H groups in total. The Morgan fingerprint density at radius 2 is 2.20 bits per heavy atom. The summed E-state index contributed by atoms with van der Waals surface area (Å²) in [4.78, 5) is 14.5. The van der Waals surface area contributed by atoms with Gasteiger partial charge in [0.1, 0.15) is 5.69 Å². The average Bonchev–Trinajstić information content (AvgIpc) is 3.16. The fourth-order valence-corrected chi connectivity index (χ4v) is 2.95. The highest BCUT2D eigenvalue weighted by atomic mass is 35.5. The van der Waals surface area contributed by atoms with Gasteiger partial charge in [0.2, 0.25) is 0 Å². The molecule has 2 unspecified atom stereocenters. The van der Waals surface area contributed by atoms with Crippen molar-refractivity contribution in [2.24, 2.45) is 5.73 Å². The van der Waals surface area contributed by atoms with Gasteiger partial charge in [-0.3, -0.25) is 9.89 Å². The number of nitrogens with two attached hydrogens (primary N) is 1. The molecule has 2 aliphatic rings. The third kappa shape index (κ3) is 2.99. The number of rotatable bonds is 3. The third-order valence-corrected chi connectivity index (χ3v) is 4.25. The van der Waals surface area contributed by atoms with E-state index in [0.29, 0.717) is 11.6 Å². The third-order valence-electron chi connectivity index (χ3n) is 4.25. The van der Waals surface area contributed by atoms with Crippen molar-refractivity contribution in [2.45, 2.75) is 57.0 Å². The number of H-pyrrole nitrogens is 1. The molecule has 0 aromatic carbocycles. The summed E-state index contributed by atoms with van der Waals surface area (Å²) in [5, 5.41) is 7.19. The second kappa shape index (κ2) is 6.14. The van der Waals surface area contributed by atoms with Gasteiger partial charge in [0.15, 0.2) is 0 Å². The van der Waals surface area contributed by atoms with Crippen molar-refractivity contribution < 1.29 is 4.79 Å². The molecule has 1 aromatic rings. The number of carbonyl (C=O) groups is 1. The van der Waals surface area contributed by atoms with Gasteiger partial charge in [-0.1, -0.05) is 0 Å². The van der Waals surface area contributed by atoms with E-state index in [9.17, 15) is 4.79 Å². The quantitative estimate of drug-likeness (QED) is 0.897. The minimum atomic E-state index is 0. The Morgan fingerprint density at radius 1 is 1.45 bits per heavy atom. The van der Waals surface area contributed by atoms with Crippen LogP contribution < -0.4 is 5.73 Å². The smallest absolute Gasteiger partial charge is 0.274 e. The normalized spacial score (nSPS) is 24.1. The zero-order chi connectivity index (χ0) is 13.4. The molecular weight excluding hydrogens is 276 g/mol. The molecule has 1 aliphatic heterocycles. The van der Waals surface area contributed by atoms with Crippen LogP contribution in [-0.4, -0.2) is 39.6 Å². The Labute approximate surface area is 125 Å². The van der Waals surface area contributed by atoms with E-state index in [0.717, 1.165) is 31.5 Å². The minimum Gasteiger partial charge on any atom is -0.333 e. The molecule has 1 saturated carbocycles. The fraction of sp³-hybridized carbons (Fsp3) is 0.714. The predicted octanol–water partition coefficient (Wildman–Crippen LogP) is 2.05. The van der Waals surface area contributed by atoms with Crippen LogP contribution in [0.5, 0.6) is 0 Å². The maximum atomic E-state index is 12.6. The van der Waals surface area contributed by atoms with Gasteiger partial charge < -0.3 is 10.6 Å².